The molecule has 0 aromatic heterocycles. The van der Waals surface area contributed by atoms with Crippen LogP contribution in [0.25, 0.3) is 0 Å². The summed E-state index contributed by atoms with van der Waals surface area (Å²) in [6.07, 6.45) is 7.68. The lowest BCUT2D eigenvalue weighted by Crippen LogP contribution is -2.03. The second kappa shape index (κ2) is 7.49. The van der Waals surface area contributed by atoms with Crippen LogP contribution in [-0.2, 0) is 23.0 Å². The normalized spacial score (nSPS) is 15.7. The highest BCUT2D eigenvalue weighted by Gasteiger charge is 2.17. The lowest BCUT2D eigenvalue weighted by atomic mass is 9.94. The minimum Gasteiger partial charge on any atom is -0.282 e. The molecule has 0 spiro atoms. The highest BCUT2D eigenvalue weighted by atomic mass is 32.2. The summed E-state index contributed by atoms with van der Waals surface area (Å²) in [6.45, 7) is 0. The van der Waals surface area contributed by atoms with Crippen LogP contribution in [0.4, 0.5) is 0 Å². The van der Waals surface area contributed by atoms with Crippen LogP contribution in [-0.4, -0.2) is 13.0 Å². The zero-order valence-corrected chi connectivity index (χ0v) is 14.6. The lowest BCUT2D eigenvalue weighted by molar-refractivity contribution is 0.482. The number of aryl methyl sites for hydroxylation is 2. The first-order valence-electron chi connectivity index (χ1n) is 8.68. The van der Waals surface area contributed by atoms with Gasteiger partial charge in [-0.25, -0.2) is 0 Å². The van der Waals surface area contributed by atoms with Crippen LogP contribution in [0.5, 0.6) is 0 Å². The molecule has 0 unspecified atom stereocenters. The van der Waals surface area contributed by atoms with Gasteiger partial charge in [0.15, 0.2) is 0 Å². The van der Waals surface area contributed by atoms with E-state index >= 15 is 0 Å². The fourth-order valence-corrected chi connectivity index (χ4v) is 4.46. The van der Waals surface area contributed by atoms with E-state index in [1.807, 2.05) is 6.07 Å². The number of hydrogen-bond donors (Lipinski definition) is 1. The van der Waals surface area contributed by atoms with E-state index in [4.69, 9.17) is 0 Å². The summed E-state index contributed by atoms with van der Waals surface area (Å²) >= 11 is 0. The van der Waals surface area contributed by atoms with Gasteiger partial charge in [-0.3, -0.25) is 4.55 Å². The minimum absolute atomic E-state index is 0.0321. The zero-order valence-electron chi connectivity index (χ0n) is 13.8. The van der Waals surface area contributed by atoms with Gasteiger partial charge in [0.05, 0.1) is 4.90 Å². The molecule has 0 bridgehead atoms. The summed E-state index contributed by atoms with van der Waals surface area (Å²) in [5.41, 5.74) is 3.44. The molecule has 128 valence electrons. The van der Waals surface area contributed by atoms with Crippen molar-refractivity contribution in [2.24, 2.45) is 0 Å². The third-order valence-electron chi connectivity index (χ3n) is 4.94. The first-order valence-corrected chi connectivity index (χ1v) is 10.1. The second-order valence-electron chi connectivity index (χ2n) is 6.66. The molecule has 0 saturated heterocycles. The van der Waals surface area contributed by atoms with E-state index in [0.717, 1.165) is 12.8 Å². The van der Waals surface area contributed by atoms with Crippen LogP contribution in [0.3, 0.4) is 0 Å². The van der Waals surface area contributed by atoms with E-state index in [-0.39, 0.29) is 4.90 Å². The van der Waals surface area contributed by atoms with E-state index in [1.165, 1.54) is 42.9 Å². The van der Waals surface area contributed by atoms with Gasteiger partial charge in [-0.15, -0.1) is 0 Å². The van der Waals surface area contributed by atoms with E-state index in [0.29, 0.717) is 17.9 Å². The highest BCUT2D eigenvalue weighted by Crippen LogP contribution is 2.34. The van der Waals surface area contributed by atoms with Crippen LogP contribution in [0.15, 0.2) is 53.4 Å². The third-order valence-corrected chi connectivity index (χ3v) is 5.89. The van der Waals surface area contributed by atoms with Crippen molar-refractivity contribution in [3.63, 3.8) is 0 Å². The average Bonchev–Trinajstić information content (AvgIpc) is 3.09. The maximum absolute atomic E-state index is 11.4. The topological polar surface area (TPSA) is 54.4 Å². The fraction of sp³-hybridized carbons (Fsp3) is 0.400. The third kappa shape index (κ3) is 4.25. The number of benzene rings is 2. The molecule has 1 saturated carbocycles. The maximum atomic E-state index is 11.4. The Kier molecular flexibility index (Phi) is 5.36. The van der Waals surface area contributed by atoms with Gasteiger partial charge in [0.25, 0.3) is 10.1 Å². The Hall–Kier alpha value is -1.65. The number of hydrogen-bond acceptors (Lipinski definition) is 2. The van der Waals surface area contributed by atoms with Gasteiger partial charge < -0.3 is 0 Å². The molecular formula is C20H24O3S. The van der Waals surface area contributed by atoms with Gasteiger partial charge in [0.1, 0.15) is 0 Å². The predicted octanol–water partition coefficient (Wildman–Crippen LogP) is 4.77. The van der Waals surface area contributed by atoms with E-state index < -0.39 is 10.1 Å². The van der Waals surface area contributed by atoms with Crippen molar-refractivity contribution in [2.75, 3.05) is 0 Å². The molecule has 24 heavy (non-hydrogen) atoms. The summed E-state index contributed by atoms with van der Waals surface area (Å²) in [4.78, 5) is 0.0321. The monoisotopic (exact) mass is 344 g/mol. The van der Waals surface area contributed by atoms with Crippen LogP contribution < -0.4 is 0 Å². The first kappa shape index (κ1) is 17.2. The van der Waals surface area contributed by atoms with Crippen molar-refractivity contribution in [3.05, 3.63) is 65.2 Å². The summed E-state index contributed by atoms with van der Waals surface area (Å²) in [7, 11) is -4.15. The largest absolute Gasteiger partial charge is 0.294 e. The van der Waals surface area contributed by atoms with E-state index in [2.05, 4.69) is 24.3 Å². The van der Waals surface area contributed by atoms with Crippen molar-refractivity contribution in [1.82, 2.24) is 0 Å². The van der Waals surface area contributed by atoms with Gasteiger partial charge in [-0.05, 0) is 60.8 Å². The molecule has 3 rings (SSSR count). The molecule has 2 aromatic carbocycles. The first-order chi connectivity index (χ1) is 11.5. The zero-order chi connectivity index (χ0) is 17.0. The molecule has 1 fully saturated rings. The predicted molar refractivity (Wildman–Crippen MR) is 95.9 cm³/mol. The molecule has 2 aromatic rings. The Morgan fingerprint density at radius 2 is 1.71 bits per heavy atom. The minimum atomic E-state index is -4.15. The summed E-state index contributed by atoms with van der Waals surface area (Å²) in [5, 5.41) is 0. The molecule has 0 amide bonds. The van der Waals surface area contributed by atoms with Crippen molar-refractivity contribution in [3.8, 4) is 0 Å². The van der Waals surface area contributed by atoms with Crippen LogP contribution in [0.2, 0.25) is 0 Å². The van der Waals surface area contributed by atoms with E-state index in [9.17, 15) is 13.0 Å². The van der Waals surface area contributed by atoms with Crippen molar-refractivity contribution < 1.29 is 13.0 Å². The molecule has 4 heteroatoms. The molecule has 0 radical (unpaired) electrons. The molecule has 0 heterocycles. The molecule has 1 N–H and O–H groups in total. The molecule has 0 atom stereocenters. The van der Waals surface area contributed by atoms with E-state index in [1.54, 1.807) is 12.1 Å². The Labute approximate surface area is 144 Å². The summed E-state index contributed by atoms with van der Waals surface area (Å²) in [6, 6.07) is 15.5. The Morgan fingerprint density at radius 3 is 2.46 bits per heavy atom. The van der Waals surface area contributed by atoms with Crippen molar-refractivity contribution >= 4 is 10.1 Å². The molecular weight excluding hydrogens is 320 g/mol. The van der Waals surface area contributed by atoms with Crippen molar-refractivity contribution in [1.29, 1.82) is 0 Å². The van der Waals surface area contributed by atoms with Crippen LogP contribution >= 0.6 is 0 Å². The van der Waals surface area contributed by atoms with Crippen LogP contribution in [0.1, 0.15) is 54.7 Å². The van der Waals surface area contributed by atoms with Gasteiger partial charge >= 0.3 is 0 Å². The SMILES string of the molecule is O=S(=O)(O)c1ccccc1CCCc1cccc(C2CCCC2)c1. The summed E-state index contributed by atoms with van der Waals surface area (Å²) in [5.74, 6) is 0.713. The molecule has 1 aliphatic carbocycles. The number of rotatable bonds is 6. The molecule has 3 nitrogen and oxygen atoms in total. The second-order valence-corrected chi connectivity index (χ2v) is 8.05. The quantitative estimate of drug-likeness (QED) is 0.768. The van der Waals surface area contributed by atoms with Crippen LogP contribution in [0, 0.1) is 0 Å². The summed E-state index contributed by atoms with van der Waals surface area (Å²) < 4.78 is 32.2. The van der Waals surface area contributed by atoms with Gasteiger partial charge in [0.2, 0.25) is 0 Å². The van der Waals surface area contributed by atoms with Gasteiger partial charge in [-0.1, -0.05) is 55.3 Å². The Balaban J connectivity index is 1.64. The average molecular weight is 344 g/mol. The smallest absolute Gasteiger partial charge is 0.282 e. The Bertz CT molecular complexity index is 790. The highest BCUT2D eigenvalue weighted by molar-refractivity contribution is 7.85. The van der Waals surface area contributed by atoms with Crippen molar-refractivity contribution in [2.45, 2.75) is 55.8 Å². The van der Waals surface area contributed by atoms with Gasteiger partial charge in [-0.2, -0.15) is 8.42 Å². The maximum Gasteiger partial charge on any atom is 0.294 e. The lowest BCUT2D eigenvalue weighted by Gasteiger charge is -2.11. The molecule has 0 aliphatic heterocycles. The van der Waals surface area contributed by atoms with Gasteiger partial charge in [0, 0.05) is 0 Å². The fourth-order valence-electron chi connectivity index (χ4n) is 3.71. The standard InChI is InChI=1S/C20H24O3S/c21-24(22,23)20-14-4-3-11-18(20)12-5-7-16-8-6-13-19(15-16)17-9-1-2-10-17/h3-4,6,8,11,13-15,17H,1-2,5,7,9-10,12H2,(H,21,22,23). The molecule has 1 aliphatic rings. The Morgan fingerprint density at radius 1 is 0.958 bits per heavy atom.